The summed E-state index contributed by atoms with van der Waals surface area (Å²) in [5.74, 6) is -0.348. The highest BCUT2D eigenvalue weighted by Gasteiger charge is 2.31. The van der Waals surface area contributed by atoms with Crippen molar-refractivity contribution in [2.45, 2.75) is 37.1 Å². The molecule has 0 spiro atoms. The molecule has 0 aliphatic carbocycles. The number of nitrogens with zero attached hydrogens (tertiary/aromatic N) is 1. The van der Waals surface area contributed by atoms with Gasteiger partial charge in [-0.3, -0.25) is 4.79 Å². The molecule has 1 unspecified atom stereocenters. The summed E-state index contributed by atoms with van der Waals surface area (Å²) >= 11 is 1.71. The van der Waals surface area contributed by atoms with Gasteiger partial charge in [-0.25, -0.2) is 9.10 Å². The number of amides is 3. The number of carbonyl (C=O) groups is 2. The van der Waals surface area contributed by atoms with Crippen LogP contribution < -0.4 is 20.7 Å². The molecule has 3 N–H and O–H groups in total. The third-order valence-corrected chi connectivity index (χ3v) is 6.43. The second-order valence-corrected chi connectivity index (χ2v) is 9.15. The van der Waals surface area contributed by atoms with E-state index in [4.69, 9.17) is 0 Å². The number of carbonyl (C=O) groups excluding carboxylic acids is 2. The Morgan fingerprint density at radius 2 is 1.54 bits per heavy atom. The second-order valence-electron chi connectivity index (χ2n) is 8.03. The minimum atomic E-state index is -4.75. The molecule has 196 valence electrons. The third kappa shape index (κ3) is 10.1. The molecule has 1 heterocycles. The lowest BCUT2D eigenvalue weighted by atomic mass is 10.3. The smallest absolute Gasteiger partial charge is 0.406 e. The highest BCUT2D eigenvalue weighted by molar-refractivity contribution is 7.97. The highest BCUT2D eigenvalue weighted by Crippen LogP contribution is 2.31. The van der Waals surface area contributed by atoms with Crippen LogP contribution in [0.1, 0.15) is 19.8 Å². The first-order valence-electron chi connectivity index (χ1n) is 11.5. The van der Waals surface area contributed by atoms with Gasteiger partial charge in [0.2, 0.25) is 6.41 Å². The van der Waals surface area contributed by atoms with Crippen molar-refractivity contribution >= 4 is 41.5 Å². The van der Waals surface area contributed by atoms with Crippen molar-refractivity contribution in [2.75, 3.05) is 22.5 Å². The molecule has 0 radical (unpaired) electrons. The monoisotopic (exact) mass is 532 g/mol. The summed E-state index contributed by atoms with van der Waals surface area (Å²) in [6.07, 6.45) is -1.67. The maximum absolute atomic E-state index is 12.1. The molecule has 7 nitrogen and oxygen atoms in total. The number of rotatable bonds is 7. The van der Waals surface area contributed by atoms with Crippen LogP contribution in [0.25, 0.3) is 0 Å². The lowest BCUT2D eigenvalue weighted by molar-refractivity contribution is -0.274. The van der Waals surface area contributed by atoms with Crippen LogP contribution in [0.4, 0.5) is 35.0 Å². The van der Waals surface area contributed by atoms with E-state index in [0.717, 1.165) is 29.3 Å². The molecule has 3 aromatic rings. The van der Waals surface area contributed by atoms with E-state index in [1.54, 1.807) is 11.9 Å². The lowest BCUT2D eigenvalue weighted by Gasteiger charge is -2.19. The molecule has 1 atom stereocenters. The summed E-state index contributed by atoms with van der Waals surface area (Å²) in [5.41, 5.74) is 1.79. The SMILES string of the molecule is CC1CCCN1Sc1ccc(NC(=O)Nc2ccc(OC(F)(F)F)cc2)cc1.O=CNc1ccccc1. The molecule has 1 saturated heterocycles. The van der Waals surface area contributed by atoms with Crippen LogP contribution in [0.2, 0.25) is 0 Å². The fourth-order valence-electron chi connectivity index (χ4n) is 3.41. The molecule has 1 aliphatic heterocycles. The Balaban J connectivity index is 0.000000356. The van der Waals surface area contributed by atoms with Gasteiger partial charge in [0.1, 0.15) is 5.75 Å². The topological polar surface area (TPSA) is 82.7 Å². The number of urea groups is 1. The zero-order valence-corrected chi connectivity index (χ0v) is 20.8. The zero-order valence-electron chi connectivity index (χ0n) is 20.0. The van der Waals surface area contributed by atoms with E-state index < -0.39 is 12.4 Å². The van der Waals surface area contributed by atoms with Gasteiger partial charge in [-0.05, 0) is 92.4 Å². The Labute approximate surface area is 217 Å². The molecular formula is C26H27F3N4O3S. The number of benzene rings is 3. The van der Waals surface area contributed by atoms with E-state index in [9.17, 15) is 22.8 Å². The predicted molar refractivity (Wildman–Crippen MR) is 140 cm³/mol. The molecule has 4 rings (SSSR count). The van der Waals surface area contributed by atoms with Gasteiger partial charge in [0.25, 0.3) is 0 Å². The Kier molecular flexibility index (Phi) is 10.2. The van der Waals surface area contributed by atoms with Crippen LogP contribution in [0.15, 0.2) is 83.8 Å². The highest BCUT2D eigenvalue weighted by atomic mass is 32.2. The fourth-order valence-corrected chi connectivity index (χ4v) is 4.45. The van der Waals surface area contributed by atoms with Crippen LogP contribution in [0.3, 0.4) is 0 Å². The molecule has 1 fully saturated rings. The van der Waals surface area contributed by atoms with E-state index in [1.165, 1.54) is 25.0 Å². The van der Waals surface area contributed by atoms with Crippen LogP contribution in [0, 0.1) is 0 Å². The summed E-state index contributed by atoms with van der Waals surface area (Å²) in [6, 6.07) is 21.8. The average Bonchev–Trinajstić information content (AvgIpc) is 3.26. The van der Waals surface area contributed by atoms with Crippen molar-refractivity contribution < 1.29 is 27.5 Å². The average molecular weight is 533 g/mol. The van der Waals surface area contributed by atoms with Gasteiger partial charge >= 0.3 is 12.4 Å². The third-order valence-electron chi connectivity index (χ3n) is 5.17. The summed E-state index contributed by atoms with van der Waals surface area (Å²) in [7, 11) is 0. The number of hydrogen-bond acceptors (Lipinski definition) is 5. The Morgan fingerprint density at radius 1 is 0.946 bits per heavy atom. The van der Waals surface area contributed by atoms with Gasteiger partial charge in [-0.1, -0.05) is 18.2 Å². The number of ether oxygens (including phenoxy) is 1. The van der Waals surface area contributed by atoms with Gasteiger partial charge in [-0.15, -0.1) is 13.2 Å². The normalized spacial score (nSPS) is 15.2. The van der Waals surface area contributed by atoms with Crippen molar-refractivity contribution in [1.29, 1.82) is 0 Å². The van der Waals surface area contributed by atoms with Crippen LogP contribution in [-0.2, 0) is 4.79 Å². The zero-order chi connectivity index (χ0) is 26.7. The predicted octanol–water partition coefficient (Wildman–Crippen LogP) is 6.98. The Morgan fingerprint density at radius 3 is 2.05 bits per heavy atom. The van der Waals surface area contributed by atoms with Crippen molar-refractivity contribution in [2.24, 2.45) is 0 Å². The van der Waals surface area contributed by atoms with E-state index in [0.29, 0.717) is 23.8 Å². The molecule has 11 heteroatoms. The fraction of sp³-hybridized carbons (Fsp3) is 0.231. The van der Waals surface area contributed by atoms with Gasteiger partial charge < -0.3 is 20.7 Å². The van der Waals surface area contributed by atoms with Gasteiger partial charge in [0.15, 0.2) is 0 Å². The largest absolute Gasteiger partial charge is 0.573 e. The Bertz CT molecular complexity index is 1130. The number of hydrogen-bond donors (Lipinski definition) is 3. The van der Waals surface area contributed by atoms with E-state index >= 15 is 0 Å². The van der Waals surface area contributed by atoms with Crippen molar-refractivity contribution in [3.8, 4) is 5.75 Å². The number of nitrogens with one attached hydrogen (secondary N) is 3. The van der Waals surface area contributed by atoms with Gasteiger partial charge in [-0.2, -0.15) is 0 Å². The van der Waals surface area contributed by atoms with Crippen LogP contribution >= 0.6 is 11.9 Å². The molecule has 3 amide bonds. The summed E-state index contributed by atoms with van der Waals surface area (Å²) in [5, 5.41) is 7.77. The van der Waals surface area contributed by atoms with Crippen LogP contribution in [0.5, 0.6) is 5.75 Å². The maximum Gasteiger partial charge on any atom is 0.573 e. The first-order chi connectivity index (χ1) is 17.7. The minimum absolute atomic E-state index is 0.348. The lowest BCUT2D eigenvalue weighted by Crippen LogP contribution is -2.20. The number of anilines is 3. The summed E-state index contributed by atoms with van der Waals surface area (Å²) in [6.45, 7) is 3.28. The van der Waals surface area contributed by atoms with E-state index in [-0.39, 0.29) is 5.75 Å². The number of alkyl halides is 3. The molecule has 0 saturated carbocycles. The standard InChI is InChI=1S/C19H20F3N3O2S.C7H7NO/c1-13-3-2-12-25(13)28-17-10-6-15(7-11-17)24-18(26)23-14-4-8-16(9-5-14)27-19(20,21)22;9-6-8-7-4-2-1-3-5-7/h4-11,13H,2-3,12H2,1H3,(H2,23,24,26);1-6H,(H,8,9). The summed E-state index contributed by atoms with van der Waals surface area (Å²) < 4.78 is 42.6. The van der Waals surface area contributed by atoms with Gasteiger partial charge in [0.05, 0.1) is 0 Å². The first kappa shape index (κ1) is 27.9. The molecular weight excluding hydrogens is 505 g/mol. The molecule has 0 bridgehead atoms. The molecule has 3 aromatic carbocycles. The first-order valence-corrected chi connectivity index (χ1v) is 12.2. The van der Waals surface area contributed by atoms with Crippen molar-refractivity contribution in [1.82, 2.24) is 4.31 Å². The van der Waals surface area contributed by atoms with Crippen LogP contribution in [-0.4, -0.2) is 35.7 Å². The maximum atomic E-state index is 12.1. The molecule has 37 heavy (non-hydrogen) atoms. The molecule has 1 aliphatic rings. The van der Waals surface area contributed by atoms with E-state index in [1.807, 2.05) is 54.6 Å². The second kappa shape index (κ2) is 13.6. The quantitative estimate of drug-likeness (QED) is 0.226. The van der Waals surface area contributed by atoms with Crippen molar-refractivity contribution in [3.63, 3.8) is 0 Å². The molecule has 0 aromatic heterocycles. The minimum Gasteiger partial charge on any atom is -0.406 e. The Hall–Kier alpha value is -3.70. The number of halogens is 3. The van der Waals surface area contributed by atoms with E-state index in [2.05, 4.69) is 31.9 Å². The van der Waals surface area contributed by atoms with Crippen molar-refractivity contribution in [3.05, 3.63) is 78.9 Å². The summed E-state index contributed by atoms with van der Waals surface area (Å²) in [4.78, 5) is 23.0. The number of para-hydroxylation sites is 1. The van der Waals surface area contributed by atoms with Gasteiger partial charge in [0, 0.05) is 34.5 Å².